The Bertz CT molecular complexity index is 668. The summed E-state index contributed by atoms with van der Waals surface area (Å²) in [5.41, 5.74) is -0.834. The van der Waals surface area contributed by atoms with Crippen molar-refractivity contribution >= 4 is 11.9 Å². The van der Waals surface area contributed by atoms with Crippen LogP contribution in [-0.2, 0) is 33.3 Å². The fourth-order valence-corrected chi connectivity index (χ4v) is 4.63. The van der Waals surface area contributed by atoms with E-state index in [0.29, 0.717) is 31.6 Å². The molecule has 0 radical (unpaired) electrons. The highest BCUT2D eigenvalue weighted by molar-refractivity contribution is 5.90. The number of methoxy groups -OCH3 is 1. The van der Waals surface area contributed by atoms with Gasteiger partial charge in [0.25, 0.3) is 0 Å². The normalized spacial score (nSPS) is 27.4. The maximum absolute atomic E-state index is 13.1. The van der Waals surface area contributed by atoms with E-state index in [-0.39, 0.29) is 30.7 Å². The fraction of sp³-hybridized carbons (Fsp3) is 0.833. The predicted octanol–water partition coefficient (Wildman–Crippen LogP) is 3.13. The molecule has 2 bridgehead atoms. The van der Waals surface area contributed by atoms with Gasteiger partial charge in [0.15, 0.2) is 0 Å². The second-order valence-corrected chi connectivity index (χ2v) is 9.59. The van der Waals surface area contributed by atoms with Crippen LogP contribution in [0.1, 0.15) is 67.2 Å². The molecule has 0 aliphatic heterocycles. The lowest BCUT2D eigenvalue weighted by atomic mass is 9.77. The van der Waals surface area contributed by atoms with Gasteiger partial charge in [-0.05, 0) is 52.5 Å². The summed E-state index contributed by atoms with van der Waals surface area (Å²) >= 11 is 0. The van der Waals surface area contributed by atoms with Crippen LogP contribution in [0.4, 0.5) is 0 Å². The Morgan fingerprint density at radius 3 is 2.47 bits per heavy atom. The zero-order valence-corrected chi connectivity index (χ0v) is 20.7. The summed E-state index contributed by atoms with van der Waals surface area (Å²) in [5.74, 6) is -0.746. The minimum absolute atomic E-state index is 0.00229. The summed E-state index contributed by atoms with van der Waals surface area (Å²) in [6.07, 6.45) is 3.83. The number of fused-ring (bicyclic) bond motifs is 2. The van der Waals surface area contributed by atoms with E-state index in [1.165, 1.54) is 6.92 Å². The van der Waals surface area contributed by atoms with Crippen molar-refractivity contribution in [2.75, 3.05) is 27.1 Å². The minimum Gasteiger partial charge on any atom is -0.457 e. The van der Waals surface area contributed by atoms with Crippen molar-refractivity contribution in [1.82, 2.24) is 5.32 Å². The Morgan fingerprint density at radius 1 is 1.22 bits per heavy atom. The second-order valence-electron chi connectivity index (χ2n) is 9.59. The van der Waals surface area contributed by atoms with Crippen LogP contribution in [0.2, 0.25) is 0 Å². The van der Waals surface area contributed by atoms with E-state index >= 15 is 0 Å². The lowest BCUT2D eigenvalue weighted by molar-refractivity contribution is -0.165. The highest BCUT2D eigenvalue weighted by atomic mass is 16.7. The van der Waals surface area contributed by atoms with Crippen LogP contribution in [0.3, 0.4) is 0 Å². The van der Waals surface area contributed by atoms with Crippen LogP contribution >= 0.6 is 0 Å². The van der Waals surface area contributed by atoms with Crippen molar-refractivity contribution in [2.45, 2.75) is 96.7 Å². The Kier molecular flexibility index (Phi) is 9.69. The lowest BCUT2D eigenvalue weighted by Gasteiger charge is -2.46. The molecule has 0 aromatic heterocycles. The summed E-state index contributed by atoms with van der Waals surface area (Å²) in [4.78, 5) is 25.4. The molecular formula is C24H41NO7. The number of rotatable bonds is 12. The molecule has 2 aliphatic carbocycles. The monoisotopic (exact) mass is 455 g/mol. The van der Waals surface area contributed by atoms with Gasteiger partial charge >= 0.3 is 5.97 Å². The number of carbonyl (C=O) groups excluding carboxylic acids is 2. The largest absolute Gasteiger partial charge is 0.457 e. The molecule has 1 N–H and O–H groups in total. The Hall–Kier alpha value is -1.48. The van der Waals surface area contributed by atoms with Gasteiger partial charge in [-0.2, -0.15) is 0 Å². The molecule has 0 saturated heterocycles. The molecule has 0 unspecified atom stereocenters. The number of hydrogen-bond donors (Lipinski definition) is 1. The molecule has 8 nitrogen and oxygen atoms in total. The van der Waals surface area contributed by atoms with Gasteiger partial charge in [-0.3, -0.25) is 4.79 Å². The zero-order chi connectivity index (χ0) is 23.9. The molecular weight excluding hydrogens is 414 g/mol. The van der Waals surface area contributed by atoms with E-state index in [0.717, 1.165) is 12.8 Å². The molecule has 184 valence electrons. The van der Waals surface area contributed by atoms with E-state index in [1.807, 2.05) is 26.8 Å². The molecule has 1 amide bonds. The molecule has 0 aromatic carbocycles. The van der Waals surface area contributed by atoms with Crippen LogP contribution in [0, 0.1) is 5.92 Å². The summed E-state index contributed by atoms with van der Waals surface area (Å²) < 4.78 is 28.9. The van der Waals surface area contributed by atoms with Crippen LogP contribution in [0.5, 0.6) is 0 Å². The van der Waals surface area contributed by atoms with Crippen LogP contribution in [0.25, 0.3) is 0 Å². The van der Waals surface area contributed by atoms with Crippen LogP contribution in [-0.4, -0.2) is 68.4 Å². The van der Waals surface area contributed by atoms with Crippen molar-refractivity contribution < 1.29 is 33.3 Å². The first-order chi connectivity index (χ1) is 15.1. The number of hydrogen-bond acceptors (Lipinski definition) is 7. The van der Waals surface area contributed by atoms with Gasteiger partial charge in [0.1, 0.15) is 18.5 Å². The van der Waals surface area contributed by atoms with E-state index < -0.39 is 23.3 Å². The number of nitrogens with one attached hydrogen (secondary N) is 1. The first-order valence-electron chi connectivity index (χ1n) is 11.7. The first kappa shape index (κ1) is 26.8. The molecule has 1 saturated carbocycles. The highest BCUT2D eigenvalue weighted by Gasteiger charge is 2.60. The van der Waals surface area contributed by atoms with E-state index in [2.05, 4.69) is 19.2 Å². The van der Waals surface area contributed by atoms with Gasteiger partial charge in [0, 0.05) is 25.5 Å². The molecule has 0 heterocycles. The molecule has 2 rings (SSSR count). The van der Waals surface area contributed by atoms with Gasteiger partial charge in [0.2, 0.25) is 5.91 Å². The summed E-state index contributed by atoms with van der Waals surface area (Å²) in [6.45, 7) is 12.0. The van der Waals surface area contributed by atoms with Gasteiger partial charge in [-0.15, -0.1) is 0 Å². The third kappa shape index (κ3) is 6.53. The van der Waals surface area contributed by atoms with Gasteiger partial charge in [-0.25, -0.2) is 4.79 Å². The van der Waals surface area contributed by atoms with Gasteiger partial charge in [-0.1, -0.05) is 13.8 Å². The van der Waals surface area contributed by atoms with Crippen LogP contribution < -0.4 is 5.32 Å². The molecule has 8 heteroatoms. The minimum atomic E-state index is -0.769. The summed E-state index contributed by atoms with van der Waals surface area (Å²) in [7, 11) is 1.61. The average molecular weight is 456 g/mol. The zero-order valence-electron chi connectivity index (χ0n) is 20.7. The second kappa shape index (κ2) is 11.6. The smallest absolute Gasteiger partial charge is 0.334 e. The quantitative estimate of drug-likeness (QED) is 0.275. The number of esters is 1. The third-order valence-electron chi connectivity index (χ3n) is 6.04. The number of amides is 1. The summed E-state index contributed by atoms with van der Waals surface area (Å²) in [5, 5.41) is 3.13. The Labute approximate surface area is 192 Å². The van der Waals surface area contributed by atoms with Crippen molar-refractivity contribution in [3.05, 3.63) is 11.6 Å². The molecule has 4 atom stereocenters. The SMILES string of the molecule is CCC(CC)O[C@@H]1C=C(C(=O)OC(C)(C)C)[C@@H]2CC[C@@]1(NC(C)=O)[C@H]2OCOCCOC. The van der Waals surface area contributed by atoms with Crippen molar-refractivity contribution in [2.24, 2.45) is 5.92 Å². The molecule has 0 aromatic rings. The number of ether oxygens (including phenoxy) is 5. The molecule has 0 spiro atoms. The third-order valence-corrected chi connectivity index (χ3v) is 6.04. The molecule has 2 aliphatic rings. The Balaban J connectivity index is 2.40. The van der Waals surface area contributed by atoms with E-state index in [1.54, 1.807) is 7.11 Å². The Morgan fingerprint density at radius 2 is 1.91 bits per heavy atom. The van der Waals surface area contributed by atoms with Crippen molar-refractivity contribution in [1.29, 1.82) is 0 Å². The van der Waals surface area contributed by atoms with Gasteiger partial charge in [0.05, 0.1) is 31.0 Å². The van der Waals surface area contributed by atoms with Crippen molar-refractivity contribution in [3.8, 4) is 0 Å². The van der Waals surface area contributed by atoms with Gasteiger partial charge < -0.3 is 29.0 Å². The predicted molar refractivity (Wildman–Crippen MR) is 120 cm³/mol. The van der Waals surface area contributed by atoms with E-state index in [9.17, 15) is 9.59 Å². The average Bonchev–Trinajstić information content (AvgIpc) is 2.96. The number of carbonyl (C=O) groups is 2. The summed E-state index contributed by atoms with van der Waals surface area (Å²) in [6, 6.07) is 0. The fourth-order valence-electron chi connectivity index (χ4n) is 4.63. The lowest BCUT2D eigenvalue weighted by Crippen LogP contribution is -2.65. The van der Waals surface area contributed by atoms with Crippen molar-refractivity contribution in [3.63, 3.8) is 0 Å². The first-order valence-corrected chi connectivity index (χ1v) is 11.7. The maximum Gasteiger partial charge on any atom is 0.334 e. The van der Waals surface area contributed by atoms with Crippen LogP contribution in [0.15, 0.2) is 11.6 Å². The van der Waals surface area contributed by atoms with E-state index in [4.69, 9.17) is 23.7 Å². The topological polar surface area (TPSA) is 92.3 Å². The highest BCUT2D eigenvalue weighted by Crippen LogP contribution is 2.49. The molecule has 1 fully saturated rings. The standard InChI is InChI=1S/C24H41NO7/c1-8-17(9-2)31-20-14-19(22(27)32-23(4,5)6)18-10-11-24(20,25-16(3)26)21(18)30-15-29-13-12-28-7/h14,17-18,20-21H,8-13,15H2,1-7H3,(H,25,26)/t18-,20+,21-,24-/m0/s1. The maximum atomic E-state index is 13.1. The molecule has 32 heavy (non-hydrogen) atoms.